The summed E-state index contributed by atoms with van der Waals surface area (Å²) in [6.07, 6.45) is -3.97. The molecule has 0 saturated heterocycles. The lowest BCUT2D eigenvalue weighted by atomic mass is 10.2. The number of anilines is 1. The molecule has 0 bridgehead atoms. The standard InChI is InChI=1S/C12H15ClF3N3O/c1-2-17-10-9(13)6-8(7-19-10)11(20)18-5-3-4-12(14,15)16/h6-7H,2-5H2,1H3,(H,17,19)(H,18,20). The Morgan fingerprint density at radius 2 is 2.15 bits per heavy atom. The number of nitrogens with zero attached hydrogens (tertiary/aromatic N) is 1. The minimum atomic E-state index is -4.21. The molecule has 1 aromatic heterocycles. The van der Waals surface area contributed by atoms with Crippen LogP contribution in [0.3, 0.4) is 0 Å². The normalized spacial score (nSPS) is 11.2. The van der Waals surface area contributed by atoms with Crippen molar-refractivity contribution in [3.8, 4) is 0 Å². The van der Waals surface area contributed by atoms with E-state index in [0.717, 1.165) is 0 Å². The van der Waals surface area contributed by atoms with Crippen molar-refractivity contribution in [2.24, 2.45) is 0 Å². The van der Waals surface area contributed by atoms with Crippen LogP contribution in [0.4, 0.5) is 19.0 Å². The predicted molar refractivity (Wildman–Crippen MR) is 71.0 cm³/mol. The minimum absolute atomic E-state index is 0.0507. The van der Waals surface area contributed by atoms with Gasteiger partial charge in [-0.15, -0.1) is 0 Å². The van der Waals surface area contributed by atoms with Crippen molar-refractivity contribution in [1.29, 1.82) is 0 Å². The highest BCUT2D eigenvalue weighted by atomic mass is 35.5. The summed E-state index contributed by atoms with van der Waals surface area (Å²) in [5.74, 6) is -0.0348. The first-order valence-corrected chi connectivity index (χ1v) is 6.45. The van der Waals surface area contributed by atoms with Gasteiger partial charge in [0.1, 0.15) is 5.82 Å². The fraction of sp³-hybridized carbons (Fsp3) is 0.500. The number of halogens is 4. The minimum Gasteiger partial charge on any atom is -0.369 e. The Labute approximate surface area is 119 Å². The van der Waals surface area contributed by atoms with Gasteiger partial charge in [0, 0.05) is 25.7 Å². The van der Waals surface area contributed by atoms with Gasteiger partial charge < -0.3 is 10.6 Å². The molecular weight excluding hydrogens is 295 g/mol. The number of rotatable bonds is 6. The van der Waals surface area contributed by atoms with Gasteiger partial charge in [-0.05, 0) is 19.4 Å². The molecule has 1 amide bonds. The van der Waals surface area contributed by atoms with Gasteiger partial charge >= 0.3 is 6.18 Å². The van der Waals surface area contributed by atoms with Gasteiger partial charge in [-0.2, -0.15) is 13.2 Å². The maximum Gasteiger partial charge on any atom is 0.389 e. The molecule has 0 saturated carbocycles. The third kappa shape index (κ3) is 5.64. The van der Waals surface area contributed by atoms with Gasteiger partial charge in [0.25, 0.3) is 5.91 Å². The van der Waals surface area contributed by atoms with Crippen molar-refractivity contribution >= 4 is 23.3 Å². The number of nitrogens with one attached hydrogen (secondary N) is 2. The first-order chi connectivity index (χ1) is 9.33. The zero-order valence-electron chi connectivity index (χ0n) is 10.9. The number of carbonyl (C=O) groups excluding carboxylic acids is 1. The Kier molecular flexibility index (Phi) is 6.06. The monoisotopic (exact) mass is 309 g/mol. The molecule has 1 aromatic rings. The highest BCUT2D eigenvalue weighted by molar-refractivity contribution is 6.33. The van der Waals surface area contributed by atoms with Crippen LogP contribution in [-0.4, -0.2) is 30.2 Å². The van der Waals surface area contributed by atoms with Gasteiger partial charge in [0.2, 0.25) is 0 Å². The topological polar surface area (TPSA) is 54.0 Å². The third-order valence-electron chi connectivity index (χ3n) is 2.37. The molecule has 20 heavy (non-hydrogen) atoms. The summed E-state index contributed by atoms with van der Waals surface area (Å²) in [5.41, 5.74) is 0.212. The number of amides is 1. The molecule has 0 aliphatic heterocycles. The molecule has 0 unspecified atom stereocenters. The summed E-state index contributed by atoms with van der Waals surface area (Å²) < 4.78 is 35.8. The first-order valence-electron chi connectivity index (χ1n) is 6.08. The molecule has 1 rings (SSSR count). The van der Waals surface area contributed by atoms with Crippen LogP contribution in [0.1, 0.15) is 30.1 Å². The molecule has 112 valence electrons. The van der Waals surface area contributed by atoms with Gasteiger partial charge in [-0.25, -0.2) is 4.98 Å². The zero-order chi connectivity index (χ0) is 15.2. The van der Waals surface area contributed by atoms with E-state index in [1.54, 1.807) is 0 Å². The van der Waals surface area contributed by atoms with E-state index < -0.39 is 18.5 Å². The second-order valence-electron chi connectivity index (χ2n) is 4.06. The van der Waals surface area contributed by atoms with Crippen LogP contribution >= 0.6 is 11.6 Å². The van der Waals surface area contributed by atoms with E-state index in [1.165, 1.54) is 12.3 Å². The molecule has 0 radical (unpaired) electrons. The van der Waals surface area contributed by atoms with Crippen LogP contribution in [0, 0.1) is 0 Å². The van der Waals surface area contributed by atoms with Crippen molar-refractivity contribution in [2.45, 2.75) is 25.9 Å². The lowest BCUT2D eigenvalue weighted by Crippen LogP contribution is -2.25. The Morgan fingerprint density at radius 1 is 1.45 bits per heavy atom. The maximum atomic E-state index is 11.9. The number of alkyl halides is 3. The smallest absolute Gasteiger partial charge is 0.369 e. The molecule has 8 heteroatoms. The molecular formula is C12H15ClF3N3O. The van der Waals surface area contributed by atoms with Crippen LogP contribution in [0.15, 0.2) is 12.3 Å². The van der Waals surface area contributed by atoms with E-state index in [4.69, 9.17) is 11.6 Å². The van der Waals surface area contributed by atoms with E-state index in [0.29, 0.717) is 12.4 Å². The van der Waals surface area contributed by atoms with Crippen molar-refractivity contribution in [3.63, 3.8) is 0 Å². The number of aromatic nitrogens is 1. The average molecular weight is 310 g/mol. The maximum absolute atomic E-state index is 11.9. The van der Waals surface area contributed by atoms with Crippen LogP contribution < -0.4 is 10.6 Å². The Morgan fingerprint density at radius 3 is 2.70 bits per heavy atom. The highest BCUT2D eigenvalue weighted by Gasteiger charge is 2.26. The second kappa shape index (κ2) is 7.33. The van der Waals surface area contributed by atoms with Gasteiger partial charge in [0.05, 0.1) is 10.6 Å². The number of hydrogen-bond acceptors (Lipinski definition) is 3. The van der Waals surface area contributed by atoms with E-state index >= 15 is 0 Å². The second-order valence-corrected chi connectivity index (χ2v) is 4.47. The van der Waals surface area contributed by atoms with Gasteiger partial charge in [-0.1, -0.05) is 11.6 Å². The molecule has 0 atom stereocenters. The first kappa shape index (κ1) is 16.6. The van der Waals surface area contributed by atoms with E-state index in [9.17, 15) is 18.0 Å². The van der Waals surface area contributed by atoms with Gasteiger partial charge in [-0.3, -0.25) is 4.79 Å². The molecule has 0 spiro atoms. The number of carbonyl (C=O) groups is 1. The van der Waals surface area contributed by atoms with E-state index in [1.807, 2.05) is 6.92 Å². The van der Waals surface area contributed by atoms with Crippen molar-refractivity contribution in [1.82, 2.24) is 10.3 Å². The molecule has 0 fully saturated rings. The lowest BCUT2D eigenvalue weighted by molar-refractivity contribution is -0.135. The molecule has 4 nitrogen and oxygen atoms in total. The quantitative estimate of drug-likeness (QED) is 0.793. The molecule has 0 aromatic carbocycles. The van der Waals surface area contributed by atoms with E-state index in [2.05, 4.69) is 15.6 Å². The van der Waals surface area contributed by atoms with Crippen molar-refractivity contribution in [2.75, 3.05) is 18.4 Å². The van der Waals surface area contributed by atoms with Gasteiger partial charge in [0.15, 0.2) is 0 Å². The summed E-state index contributed by atoms with van der Waals surface area (Å²) in [6, 6.07) is 1.42. The zero-order valence-corrected chi connectivity index (χ0v) is 11.6. The summed E-state index contributed by atoms with van der Waals surface area (Å²) in [6.45, 7) is 2.46. The molecule has 0 aliphatic rings. The van der Waals surface area contributed by atoms with Crippen molar-refractivity contribution in [3.05, 3.63) is 22.8 Å². The molecule has 2 N–H and O–H groups in total. The highest BCUT2D eigenvalue weighted by Crippen LogP contribution is 2.21. The largest absolute Gasteiger partial charge is 0.389 e. The third-order valence-corrected chi connectivity index (χ3v) is 2.66. The summed E-state index contributed by atoms with van der Waals surface area (Å²) in [4.78, 5) is 15.7. The SMILES string of the molecule is CCNc1ncc(C(=O)NCCCC(F)(F)F)cc1Cl. The summed E-state index contributed by atoms with van der Waals surface area (Å²) in [7, 11) is 0. The fourth-order valence-corrected chi connectivity index (χ4v) is 1.69. The van der Waals surface area contributed by atoms with Crippen LogP contribution in [0.2, 0.25) is 5.02 Å². The van der Waals surface area contributed by atoms with Crippen molar-refractivity contribution < 1.29 is 18.0 Å². The number of hydrogen-bond donors (Lipinski definition) is 2. The number of pyridine rings is 1. The molecule has 1 heterocycles. The van der Waals surface area contributed by atoms with Crippen LogP contribution in [0.5, 0.6) is 0 Å². The summed E-state index contributed by atoms with van der Waals surface area (Å²) in [5, 5.41) is 5.59. The van der Waals surface area contributed by atoms with Crippen LogP contribution in [0.25, 0.3) is 0 Å². The Balaban J connectivity index is 2.49. The summed E-state index contributed by atoms with van der Waals surface area (Å²) >= 11 is 5.92. The Bertz CT molecular complexity index is 466. The fourth-order valence-electron chi connectivity index (χ4n) is 1.45. The van der Waals surface area contributed by atoms with Crippen LogP contribution in [-0.2, 0) is 0 Å². The molecule has 0 aliphatic carbocycles. The predicted octanol–water partition coefficient (Wildman–Crippen LogP) is 3.24. The van der Waals surface area contributed by atoms with E-state index in [-0.39, 0.29) is 23.6 Å². The average Bonchev–Trinajstić information content (AvgIpc) is 2.36. The Hall–Kier alpha value is -1.50. The lowest BCUT2D eigenvalue weighted by Gasteiger charge is -2.09.